The summed E-state index contributed by atoms with van der Waals surface area (Å²) in [6, 6.07) is 17.5. The van der Waals surface area contributed by atoms with Crippen molar-refractivity contribution in [2.45, 2.75) is 45.6 Å². The summed E-state index contributed by atoms with van der Waals surface area (Å²) in [6.45, 7) is 7.34. The molecule has 2 aromatic heterocycles. The van der Waals surface area contributed by atoms with Crippen molar-refractivity contribution in [1.82, 2.24) is 15.3 Å². The molecular weight excluding hydrogens is 536 g/mol. The maximum Gasteiger partial charge on any atom is 0.407 e. The molecule has 0 fully saturated rings. The number of aryl methyl sites for hydroxylation is 1. The van der Waals surface area contributed by atoms with Crippen LogP contribution in [0.5, 0.6) is 5.88 Å². The topological polar surface area (TPSA) is 139 Å². The number of ether oxygens (including phenoxy) is 2. The van der Waals surface area contributed by atoms with Gasteiger partial charge in [0, 0.05) is 47.8 Å². The zero-order chi connectivity index (χ0) is 30.4. The van der Waals surface area contributed by atoms with E-state index in [4.69, 9.17) is 9.47 Å². The highest BCUT2D eigenvalue weighted by molar-refractivity contribution is 6.07. The van der Waals surface area contributed by atoms with Gasteiger partial charge in [-0.25, -0.2) is 9.78 Å². The van der Waals surface area contributed by atoms with E-state index in [1.54, 1.807) is 52.0 Å². The van der Waals surface area contributed by atoms with E-state index in [1.165, 1.54) is 19.4 Å². The van der Waals surface area contributed by atoms with Gasteiger partial charge >= 0.3 is 6.09 Å². The number of alkyl carbamates (subject to hydrolysis) is 1. The summed E-state index contributed by atoms with van der Waals surface area (Å²) in [7, 11) is 1.47. The van der Waals surface area contributed by atoms with Crippen LogP contribution in [0.1, 0.15) is 65.0 Å². The zero-order valence-corrected chi connectivity index (χ0v) is 24.2. The molecule has 1 atom stereocenters. The lowest BCUT2D eigenvalue weighted by atomic mass is 9.91. The van der Waals surface area contributed by atoms with Crippen molar-refractivity contribution in [1.29, 1.82) is 0 Å². The van der Waals surface area contributed by atoms with Gasteiger partial charge < -0.3 is 25.1 Å². The second-order valence-electron chi connectivity index (χ2n) is 10.9. The summed E-state index contributed by atoms with van der Waals surface area (Å²) >= 11 is 0. The minimum absolute atomic E-state index is 0.0945. The lowest BCUT2D eigenvalue weighted by Crippen LogP contribution is -2.35. The molecule has 0 radical (unpaired) electrons. The molecule has 0 saturated carbocycles. The second-order valence-corrected chi connectivity index (χ2v) is 10.9. The third-order valence-electron chi connectivity index (χ3n) is 6.56. The van der Waals surface area contributed by atoms with Crippen molar-refractivity contribution < 1.29 is 23.9 Å². The molecule has 0 bridgehead atoms. The summed E-state index contributed by atoms with van der Waals surface area (Å²) in [5.74, 6) is -0.768. The number of aromatic nitrogens is 2. The molecule has 42 heavy (non-hydrogen) atoms. The molecule has 10 heteroatoms. The number of H-pyrrole nitrogens is 1. The molecule has 0 aliphatic heterocycles. The summed E-state index contributed by atoms with van der Waals surface area (Å²) in [5, 5.41) is 6.10. The number of rotatable bonds is 9. The molecular formula is C32H34N4O6. The number of amides is 2. The molecule has 3 N–H and O–H groups in total. The fourth-order valence-electron chi connectivity index (χ4n) is 4.38. The largest absolute Gasteiger partial charge is 0.481 e. The summed E-state index contributed by atoms with van der Waals surface area (Å²) in [5.41, 5.74) is 1.58. The van der Waals surface area contributed by atoms with Gasteiger partial charge in [0.2, 0.25) is 5.88 Å². The first-order valence-electron chi connectivity index (χ1n) is 13.5. The third kappa shape index (κ3) is 7.60. The van der Waals surface area contributed by atoms with Crippen LogP contribution < -0.4 is 20.9 Å². The molecule has 0 aliphatic rings. The summed E-state index contributed by atoms with van der Waals surface area (Å²) in [6.07, 6.45) is 1.05. The number of carbonyl (C=O) groups is 3. The Morgan fingerprint density at radius 2 is 1.76 bits per heavy atom. The molecule has 0 saturated heterocycles. The molecule has 2 aromatic carbocycles. The maximum absolute atomic E-state index is 13.4. The van der Waals surface area contributed by atoms with E-state index >= 15 is 0 Å². The van der Waals surface area contributed by atoms with Crippen molar-refractivity contribution in [2.75, 3.05) is 19.0 Å². The number of Topliss-reactive ketones (excluding diaryl/α,β-unsaturated/α-hetero) is 1. The number of methoxy groups -OCH3 is 1. The minimum Gasteiger partial charge on any atom is -0.481 e. The van der Waals surface area contributed by atoms with Gasteiger partial charge in [-0.15, -0.1) is 0 Å². The highest BCUT2D eigenvalue weighted by Gasteiger charge is 2.22. The maximum atomic E-state index is 13.4. The van der Waals surface area contributed by atoms with E-state index in [2.05, 4.69) is 20.6 Å². The van der Waals surface area contributed by atoms with Crippen LogP contribution in [0, 0.1) is 6.92 Å². The number of hydrogen-bond donors (Lipinski definition) is 3. The van der Waals surface area contributed by atoms with Crippen LogP contribution in [0.3, 0.4) is 0 Å². The van der Waals surface area contributed by atoms with Crippen LogP contribution in [-0.4, -0.2) is 47.0 Å². The van der Waals surface area contributed by atoms with Gasteiger partial charge in [-0.3, -0.25) is 14.4 Å². The van der Waals surface area contributed by atoms with Crippen molar-refractivity contribution in [2.24, 2.45) is 0 Å². The minimum atomic E-state index is -0.646. The molecule has 2 heterocycles. The molecule has 218 valence electrons. The lowest BCUT2D eigenvalue weighted by molar-refractivity contribution is 0.0522. The van der Waals surface area contributed by atoms with E-state index in [-0.39, 0.29) is 30.2 Å². The van der Waals surface area contributed by atoms with Gasteiger partial charge in [-0.1, -0.05) is 42.5 Å². The predicted octanol–water partition coefficient (Wildman–Crippen LogP) is 5.37. The van der Waals surface area contributed by atoms with Crippen LogP contribution in [-0.2, 0) is 4.74 Å². The number of nitrogens with one attached hydrogen (secondary N) is 3. The predicted molar refractivity (Wildman–Crippen MR) is 160 cm³/mol. The molecule has 4 aromatic rings. The van der Waals surface area contributed by atoms with Gasteiger partial charge in [0.05, 0.1) is 12.6 Å². The van der Waals surface area contributed by atoms with Crippen molar-refractivity contribution in [3.63, 3.8) is 0 Å². The monoisotopic (exact) mass is 570 g/mol. The van der Waals surface area contributed by atoms with Gasteiger partial charge in [0.25, 0.3) is 11.5 Å². The Balaban J connectivity index is 1.52. The number of anilines is 1. The average molecular weight is 571 g/mol. The van der Waals surface area contributed by atoms with E-state index in [0.717, 1.165) is 11.1 Å². The number of hydrogen-bond acceptors (Lipinski definition) is 7. The number of aromatic amines is 1. The highest BCUT2D eigenvalue weighted by Crippen LogP contribution is 2.25. The van der Waals surface area contributed by atoms with E-state index in [9.17, 15) is 19.2 Å². The van der Waals surface area contributed by atoms with Gasteiger partial charge in [-0.2, -0.15) is 0 Å². The van der Waals surface area contributed by atoms with Gasteiger partial charge in [0.1, 0.15) is 11.2 Å². The number of fused-ring (bicyclic) bond motifs is 1. The Morgan fingerprint density at radius 3 is 2.45 bits per heavy atom. The molecule has 2 amide bonds. The lowest BCUT2D eigenvalue weighted by Gasteiger charge is -2.22. The van der Waals surface area contributed by atoms with E-state index < -0.39 is 23.2 Å². The van der Waals surface area contributed by atoms with Crippen LogP contribution in [0.2, 0.25) is 0 Å². The fourth-order valence-corrected chi connectivity index (χ4v) is 4.38. The van der Waals surface area contributed by atoms with Crippen LogP contribution in [0.25, 0.3) is 10.9 Å². The first kappa shape index (κ1) is 30.0. The Morgan fingerprint density at radius 1 is 1.02 bits per heavy atom. The SMILES string of the molecule is COc1cc2[nH]c(=O)c(C(=O)Nc3cc(C(=O)CC(CNC(=O)OC(C)(C)C)c4ccccc4)ccc3C)cc2cn1. The van der Waals surface area contributed by atoms with Crippen molar-refractivity contribution >= 4 is 34.4 Å². The fraction of sp³-hybridized carbons (Fsp3) is 0.281. The molecule has 0 spiro atoms. The van der Waals surface area contributed by atoms with Gasteiger partial charge in [0.15, 0.2) is 5.78 Å². The van der Waals surface area contributed by atoms with Crippen molar-refractivity contribution in [3.05, 3.63) is 99.5 Å². The van der Waals surface area contributed by atoms with Crippen LogP contribution in [0.4, 0.5) is 10.5 Å². The first-order valence-corrected chi connectivity index (χ1v) is 13.5. The second kappa shape index (κ2) is 12.7. The van der Waals surface area contributed by atoms with Crippen molar-refractivity contribution in [3.8, 4) is 5.88 Å². The molecule has 1 unspecified atom stereocenters. The Hall–Kier alpha value is -4.99. The highest BCUT2D eigenvalue weighted by atomic mass is 16.6. The normalized spacial score (nSPS) is 11.9. The summed E-state index contributed by atoms with van der Waals surface area (Å²) < 4.78 is 10.4. The Kier molecular flexibility index (Phi) is 9.05. The molecule has 4 rings (SSSR count). The smallest absolute Gasteiger partial charge is 0.407 e. The van der Waals surface area contributed by atoms with E-state index in [1.807, 2.05) is 30.3 Å². The number of ketones is 1. The Labute approximate surface area is 243 Å². The Bertz CT molecular complexity index is 1670. The molecule has 10 nitrogen and oxygen atoms in total. The number of carbonyl (C=O) groups excluding carboxylic acids is 3. The molecule has 0 aliphatic carbocycles. The van der Waals surface area contributed by atoms with Gasteiger partial charge in [-0.05, 0) is 51.0 Å². The van der Waals surface area contributed by atoms with Crippen LogP contribution >= 0.6 is 0 Å². The third-order valence-corrected chi connectivity index (χ3v) is 6.56. The summed E-state index contributed by atoms with van der Waals surface area (Å²) in [4.78, 5) is 58.4. The van der Waals surface area contributed by atoms with Crippen LogP contribution in [0.15, 0.2) is 71.7 Å². The standard InChI is InChI=1S/C32H34N4O6/c1-19-11-12-21(27(37)15-22(20-9-7-6-8-10-20)17-34-31(40)42-32(2,3)4)14-25(19)35-29(38)24-13-23-18-33-28(41-5)16-26(23)36-30(24)39/h6-14,16,18,22H,15,17H2,1-5H3,(H,34,40)(H,35,38)(H,36,39). The zero-order valence-electron chi connectivity index (χ0n) is 24.2. The number of pyridine rings is 2. The first-order chi connectivity index (χ1) is 19.9. The quantitative estimate of drug-likeness (QED) is 0.230. The average Bonchev–Trinajstić information content (AvgIpc) is 2.95. The van der Waals surface area contributed by atoms with E-state index in [0.29, 0.717) is 28.0 Å². The number of benzene rings is 2. The number of nitrogens with zero attached hydrogens (tertiary/aromatic N) is 1.